The van der Waals surface area contributed by atoms with Crippen molar-refractivity contribution in [2.45, 2.75) is 19.8 Å². The predicted octanol–water partition coefficient (Wildman–Crippen LogP) is 2.72. The van der Waals surface area contributed by atoms with E-state index in [9.17, 15) is 14.7 Å². The maximum Gasteiger partial charge on any atom is 0.341 e. The molecule has 0 spiro atoms. The third-order valence-electron chi connectivity index (χ3n) is 4.63. The third-order valence-corrected chi connectivity index (χ3v) is 4.63. The lowest BCUT2D eigenvalue weighted by Gasteiger charge is -2.34. The second-order valence-corrected chi connectivity index (χ2v) is 6.25. The van der Waals surface area contributed by atoms with Gasteiger partial charge in [0.1, 0.15) is 11.3 Å². The first-order chi connectivity index (χ1) is 12.5. The maximum atomic E-state index is 12.5. The first-order valence-corrected chi connectivity index (χ1v) is 8.66. The third kappa shape index (κ3) is 3.42. The number of esters is 1. The van der Waals surface area contributed by atoms with Crippen LogP contribution in [0.25, 0.3) is 10.9 Å². The Bertz CT molecular complexity index is 836. The molecule has 7 heteroatoms. The van der Waals surface area contributed by atoms with E-state index < -0.39 is 17.9 Å². The number of aliphatic carboxylic acids is 1. The number of carboxylic acids is 1. The molecule has 0 radical (unpaired) electrons. The number of hydrogen-bond acceptors (Lipinski definition) is 6. The number of ether oxygens (including phenoxy) is 2. The van der Waals surface area contributed by atoms with Crippen LogP contribution in [0.15, 0.2) is 24.4 Å². The SMILES string of the molecule is CCOC(=O)c1cnc2ccc(OC)cc2c1N1CCCC(C(=O)O)C1. The van der Waals surface area contributed by atoms with Crippen LogP contribution in [-0.4, -0.2) is 48.8 Å². The number of nitrogens with zero attached hydrogens (tertiary/aromatic N) is 2. The number of aromatic nitrogens is 1. The zero-order valence-corrected chi connectivity index (χ0v) is 14.9. The summed E-state index contributed by atoms with van der Waals surface area (Å²) in [7, 11) is 1.57. The minimum atomic E-state index is -0.816. The van der Waals surface area contributed by atoms with Crippen LogP contribution < -0.4 is 9.64 Å². The molecule has 1 aromatic heterocycles. The Morgan fingerprint density at radius 3 is 2.88 bits per heavy atom. The monoisotopic (exact) mass is 358 g/mol. The van der Waals surface area contributed by atoms with Crippen molar-refractivity contribution in [3.63, 3.8) is 0 Å². The van der Waals surface area contributed by atoms with Crippen LogP contribution in [-0.2, 0) is 9.53 Å². The molecule has 138 valence electrons. The lowest BCUT2D eigenvalue weighted by atomic mass is 9.96. The van der Waals surface area contributed by atoms with Gasteiger partial charge in [0.25, 0.3) is 0 Å². The van der Waals surface area contributed by atoms with Crippen molar-refractivity contribution in [3.8, 4) is 5.75 Å². The number of carboxylic acid groups (broad SMARTS) is 1. The highest BCUT2D eigenvalue weighted by Crippen LogP contribution is 2.35. The van der Waals surface area contributed by atoms with Gasteiger partial charge in [0.05, 0.1) is 30.8 Å². The van der Waals surface area contributed by atoms with Crippen molar-refractivity contribution in [1.29, 1.82) is 0 Å². The molecule has 1 aliphatic rings. The molecule has 2 heterocycles. The number of pyridine rings is 1. The zero-order chi connectivity index (χ0) is 18.7. The van der Waals surface area contributed by atoms with Gasteiger partial charge < -0.3 is 19.5 Å². The average Bonchev–Trinajstić information content (AvgIpc) is 2.66. The summed E-state index contributed by atoms with van der Waals surface area (Å²) in [5.74, 6) is -1.10. The molecule has 0 bridgehead atoms. The molecule has 0 amide bonds. The average molecular weight is 358 g/mol. The standard InChI is InChI=1S/C19H22N2O5/c1-3-26-19(24)15-10-20-16-7-6-13(25-2)9-14(16)17(15)21-8-4-5-12(11-21)18(22)23/h6-7,9-10,12H,3-5,8,11H2,1-2H3,(H,22,23). The second kappa shape index (κ2) is 7.59. The van der Waals surface area contributed by atoms with E-state index in [0.29, 0.717) is 42.0 Å². The van der Waals surface area contributed by atoms with Gasteiger partial charge in [-0.3, -0.25) is 9.78 Å². The fourth-order valence-electron chi connectivity index (χ4n) is 3.37. The highest BCUT2D eigenvalue weighted by molar-refractivity contribution is 6.05. The quantitative estimate of drug-likeness (QED) is 0.822. The van der Waals surface area contributed by atoms with Crippen molar-refractivity contribution in [2.75, 3.05) is 31.7 Å². The van der Waals surface area contributed by atoms with E-state index >= 15 is 0 Å². The summed E-state index contributed by atoms with van der Waals surface area (Å²) in [5.41, 5.74) is 1.73. The number of carbonyl (C=O) groups is 2. The Balaban J connectivity index is 2.16. The van der Waals surface area contributed by atoms with Crippen molar-refractivity contribution >= 4 is 28.5 Å². The molecule has 1 aromatic carbocycles. The number of hydrogen-bond donors (Lipinski definition) is 1. The van der Waals surface area contributed by atoms with Gasteiger partial charge in [0, 0.05) is 24.7 Å². The van der Waals surface area contributed by atoms with E-state index in [-0.39, 0.29) is 6.61 Å². The van der Waals surface area contributed by atoms with Gasteiger partial charge in [0.2, 0.25) is 0 Å². The lowest BCUT2D eigenvalue weighted by Crippen LogP contribution is -2.39. The molecule has 1 saturated heterocycles. The Morgan fingerprint density at radius 2 is 2.19 bits per heavy atom. The number of piperidine rings is 1. The number of methoxy groups -OCH3 is 1. The summed E-state index contributed by atoms with van der Waals surface area (Å²) in [6.07, 6.45) is 2.88. The molecular weight excluding hydrogens is 336 g/mol. The fraction of sp³-hybridized carbons (Fsp3) is 0.421. The van der Waals surface area contributed by atoms with Crippen LogP contribution in [0.1, 0.15) is 30.1 Å². The smallest absolute Gasteiger partial charge is 0.341 e. The summed E-state index contributed by atoms with van der Waals surface area (Å²) in [4.78, 5) is 30.3. The second-order valence-electron chi connectivity index (χ2n) is 6.25. The molecular formula is C19H22N2O5. The van der Waals surface area contributed by atoms with E-state index in [1.807, 2.05) is 17.0 Å². The Labute approximate surface area is 151 Å². The van der Waals surface area contributed by atoms with Crippen LogP contribution in [0.3, 0.4) is 0 Å². The molecule has 1 atom stereocenters. The van der Waals surface area contributed by atoms with Crippen LogP contribution in [0.2, 0.25) is 0 Å². The van der Waals surface area contributed by atoms with Crippen molar-refractivity contribution in [3.05, 3.63) is 30.0 Å². The van der Waals surface area contributed by atoms with E-state index in [1.165, 1.54) is 6.20 Å². The minimum Gasteiger partial charge on any atom is -0.497 e. The Morgan fingerprint density at radius 1 is 1.38 bits per heavy atom. The number of carbonyl (C=O) groups excluding carboxylic acids is 1. The van der Waals surface area contributed by atoms with Crippen LogP contribution in [0.5, 0.6) is 5.75 Å². The minimum absolute atomic E-state index is 0.256. The van der Waals surface area contributed by atoms with E-state index in [0.717, 1.165) is 11.8 Å². The van der Waals surface area contributed by atoms with Gasteiger partial charge in [-0.15, -0.1) is 0 Å². The summed E-state index contributed by atoms with van der Waals surface area (Å²) < 4.78 is 10.5. The Hall–Kier alpha value is -2.83. The highest BCUT2D eigenvalue weighted by Gasteiger charge is 2.29. The highest BCUT2D eigenvalue weighted by atomic mass is 16.5. The predicted molar refractivity (Wildman–Crippen MR) is 96.8 cm³/mol. The summed E-state index contributed by atoms with van der Waals surface area (Å²) in [5, 5.41) is 10.2. The van der Waals surface area contributed by atoms with Crippen LogP contribution >= 0.6 is 0 Å². The Kier molecular flexibility index (Phi) is 5.25. The lowest BCUT2D eigenvalue weighted by molar-refractivity contribution is -0.141. The molecule has 2 aromatic rings. The van der Waals surface area contributed by atoms with Gasteiger partial charge in [-0.25, -0.2) is 4.79 Å². The van der Waals surface area contributed by atoms with Crippen molar-refractivity contribution in [1.82, 2.24) is 4.98 Å². The van der Waals surface area contributed by atoms with E-state index in [2.05, 4.69) is 4.98 Å². The molecule has 1 N–H and O–H groups in total. The number of fused-ring (bicyclic) bond motifs is 1. The molecule has 1 aliphatic heterocycles. The molecule has 26 heavy (non-hydrogen) atoms. The van der Waals surface area contributed by atoms with Gasteiger partial charge in [0.15, 0.2) is 0 Å². The molecule has 0 aliphatic carbocycles. The normalized spacial score (nSPS) is 17.2. The molecule has 7 nitrogen and oxygen atoms in total. The van der Waals surface area contributed by atoms with E-state index in [4.69, 9.17) is 9.47 Å². The van der Waals surface area contributed by atoms with Crippen molar-refractivity contribution in [2.24, 2.45) is 5.92 Å². The molecule has 1 unspecified atom stereocenters. The molecule has 0 saturated carbocycles. The largest absolute Gasteiger partial charge is 0.497 e. The van der Waals surface area contributed by atoms with Gasteiger partial charge in [-0.05, 0) is 38.0 Å². The topological polar surface area (TPSA) is 89.0 Å². The van der Waals surface area contributed by atoms with Gasteiger partial charge >= 0.3 is 11.9 Å². The van der Waals surface area contributed by atoms with Crippen LogP contribution in [0, 0.1) is 5.92 Å². The first kappa shape index (κ1) is 18.0. The summed E-state index contributed by atoms with van der Waals surface area (Å²) in [6.45, 7) is 3.02. The number of rotatable bonds is 5. The van der Waals surface area contributed by atoms with Gasteiger partial charge in [-0.2, -0.15) is 0 Å². The van der Waals surface area contributed by atoms with Crippen LogP contribution in [0.4, 0.5) is 5.69 Å². The number of anilines is 1. The fourth-order valence-corrected chi connectivity index (χ4v) is 3.37. The summed E-state index contributed by atoms with van der Waals surface area (Å²) in [6, 6.07) is 5.45. The van der Waals surface area contributed by atoms with Crippen molar-refractivity contribution < 1.29 is 24.2 Å². The zero-order valence-electron chi connectivity index (χ0n) is 14.9. The first-order valence-electron chi connectivity index (χ1n) is 8.66. The number of benzene rings is 1. The van der Waals surface area contributed by atoms with E-state index in [1.54, 1.807) is 20.1 Å². The summed E-state index contributed by atoms with van der Waals surface area (Å²) >= 11 is 0. The maximum absolute atomic E-state index is 12.5. The molecule has 3 rings (SSSR count). The molecule has 1 fully saturated rings. The van der Waals surface area contributed by atoms with Gasteiger partial charge in [-0.1, -0.05) is 0 Å².